The molecule has 0 aromatic rings. The molecule has 0 heterocycles. The van der Waals surface area contributed by atoms with Crippen molar-refractivity contribution in [2.24, 2.45) is 0 Å². The van der Waals surface area contributed by atoms with Gasteiger partial charge < -0.3 is 4.90 Å². The third-order valence-electron chi connectivity index (χ3n) is 1.64. The number of likely N-dealkylation sites (N-methyl/N-ethyl adjacent to an activating group) is 1. The third kappa shape index (κ3) is 7.78. The fraction of sp³-hybridized carbons (Fsp3) is 1.00. The molecule has 0 aliphatic rings. The number of hydrogen-bond acceptors (Lipinski definition) is 3. The summed E-state index contributed by atoms with van der Waals surface area (Å²) in [4.78, 5) is 2.16. The number of hydrazine groups is 1. The van der Waals surface area contributed by atoms with Crippen molar-refractivity contribution in [3.63, 3.8) is 0 Å². The summed E-state index contributed by atoms with van der Waals surface area (Å²) in [5.41, 5.74) is 6.39. The molecule has 0 amide bonds. The second-order valence-corrected chi connectivity index (χ2v) is 3.18. The number of rotatable bonds is 6. The lowest BCUT2D eigenvalue weighted by molar-refractivity contribution is 0.364. The van der Waals surface area contributed by atoms with Gasteiger partial charge in [0.25, 0.3) is 0 Å². The molecule has 0 aromatic heterocycles. The van der Waals surface area contributed by atoms with Crippen LogP contribution in [-0.2, 0) is 0 Å². The molecule has 0 bridgehead atoms. The Morgan fingerprint density at radius 3 is 2.45 bits per heavy atom. The third-order valence-corrected chi connectivity index (χ3v) is 1.64. The van der Waals surface area contributed by atoms with Crippen LogP contribution < -0.4 is 10.9 Å². The van der Waals surface area contributed by atoms with Crippen LogP contribution in [0.4, 0.5) is 0 Å². The van der Waals surface area contributed by atoms with Crippen LogP contribution in [0.15, 0.2) is 0 Å². The zero-order valence-electron chi connectivity index (χ0n) is 8.15. The summed E-state index contributed by atoms with van der Waals surface area (Å²) >= 11 is 0. The summed E-state index contributed by atoms with van der Waals surface area (Å²) in [5.74, 6) is 0. The molecule has 2 N–H and O–H groups in total. The van der Waals surface area contributed by atoms with Crippen molar-refractivity contribution < 1.29 is 0 Å². The molecule has 68 valence electrons. The van der Waals surface area contributed by atoms with Crippen molar-refractivity contribution >= 4 is 0 Å². The maximum absolute atomic E-state index is 3.21. The molecule has 0 rings (SSSR count). The molecule has 3 heteroatoms. The summed E-state index contributed by atoms with van der Waals surface area (Å²) in [6.07, 6.45) is 1.16. The van der Waals surface area contributed by atoms with Gasteiger partial charge in [0.15, 0.2) is 0 Å². The van der Waals surface area contributed by atoms with Crippen LogP contribution in [0.25, 0.3) is 0 Å². The van der Waals surface area contributed by atoms with Crippen molar-refractivity contribution in [3.8, 4) is 0 Å². The highest BCUT2D eigenvalue weighted by molar-refractivity contribution is 4.53. The molecule has 0 aliphatic carbocycles. The highest BCUT2D eigenvalue weighted by Crippen LogP contribution is 1.83. The highest BCUT2D eigenvalue weighted by atomic mass is 15.4. The van der Waals surface area contributed by atoms with E-state index in [0.29, 0.717) is 6.04 Å². The largest absolute Gasteiger partial charge is 0.308 e. The predicted molar refractivity (Wildman–Crippen MR) is 49.4 cm³/mol. The summed E-state index contributed by atoms with van der Waals surface area (Å²) in [5, 5.41) is 0. The Bertz CT molecular complexity index is 83.4. The average molecular weight is 159 g/mol. The molecule has 0 saturated heterocycles. The molecule has 0 aromatic carbocycles. The first kappa shape index (κ1) is 10.9. The van der Waals surface area contributed by atoms with Crippen LogP contribution in [0.2, 0.25) is 0 Å². The molecule has 0 saturated carbocycles. The predicted octanol–water partition coefficient (Wildman–Crippen LogP) is 0.441. The first-order chi connectivity index (χ1) is 5.16. The summed E-state index contributed by atoms with van der Waals surface area (Å²) in [6.45, 7) is 6.41. The lowest BCUT2D eigenvalue weighted by Crippen LogP contribution is -2.41. The minimum atomic E-state index is 0.567. The first-order valence-electron chi connectivity index (χ1n) is 4.30. The topological polar surface area (TPSA) is 27.3 Å². The van der Waals surface area contributed by atoms with E-state index in [4.69, 9.17) is 0 Å². The van der Waals surface area contributed by atoms with Gasteiger partial charge >= 0.3 is 0 Å². The number of nitrogens with zero attached hydrogens (tertiary/aromatic N) is 1. The van der Waals surface area contributed by atoms with Crippen LogP contribution >= 0.6 is 0 Å². The molecule has 0 spiro atoms. The Morgan fingerprint density at radius 1 is 1.36 bits per heavy atom. The lowest BCUT2D eigenvalue weighted by atomic mass is 10.3. The molecule has 3 nitrogen and oxygen atoms in total. The standard InChI is InChI=1S/C8H21N3/c1-5-8(2)10-9-6-7-11(3)4/h8-10H,5-7H2,1-4H3. The van der Waals surface area contributed by atoms with E-state index < -0.39 is 0 Å². The quantitative estimate of drug-likeness (QED) is 0.435. The van der Waals surface area contributed by atoms with E-state index in [0.717, 1.165) is 19.5 Å². The van der Waals surface area contributed by atoms with Gasteiger partial charge in [0.1, 0.15) is 0 Å². The highest BCUT2D eigenvalue weighted by Gasteiger charge is 1.94. The van der Waals surface area contributed by atoms with E-state index in [9.17, 15) is 0 Å². The van der Waals surface area contributed by atoms with E-state index in [1.165, 1.54) is 0 Å². The van der Waals surface area contributed by atoms with E-state index in [-0.39, 0.29) is 0 Å². The van der Waals surface area contributed by atoms with Gasteiger partial charge in [-0.2, -0.15) is 0 Å². The van der Waals surface area contributed by atoms with E-state index in [1.54, 1.807) is 0 Å². The van der Waals surface area contributed by atoms with Gasteiger partial charge in [-0.25, -0.2) is 0 Å². The maximum Gasteiger partial charge on any atom is 0.0228 e. The Kier molecular flexibility index (Phi) is 6.51. The second kappa shape index (κ2) is 6.58. The van der Waals surface area contributed by atoms with Crippen molar-refractivity contribution in [1.82, 2.24) is 15.8 Å². The van der Waals surface area contributed by atoms with Crippen molar-refractivity contribution in [1.29, 1.82) is 0 Å². The normalized spacial score (nSPS) is 13.9. The van der Waals surface area contributed by atoms with Gasteiger partial charge in [-0.05, 0) is 27.4 Å². The molecule has 0 aliphatic heterocycles. The van der Waals surface area contributed by atoms with Gasteiger partial charge in [-0.1, -0.05) is 6.92 Å². The van der Waals surface area contributed by atoms with E-state index in [1.807, 2.05) is 0 Å². The monoisotopic (exact) mass is 159 g/mol. The lowest BCUT2D eigenvalue weighted by Gasteiger charge is -2.14. The van der Waals surface area contributed by atoms with Crippen molar-refractivity contribution in [3.05, 3.63) is 0 Å². The molecule has 1 unspecified atom stereocenters. The summed E-state index contributed by atoms with van der Waals surface area (Å²) in [7, 11) is 4.15. The van der Waals surface area contributed by atoms with Gasteiger partial charge in [0, 0.05) is 19.1 Å². The van der Waals surface area contributed by atoms with Crippen molar-refractivity contribution in [2.45, 2.75) is 26.3 Å². The summed E-state index contributed by atoms with van der Waals surface area (Å²) in [6, 6.07) is 0.567. The molecule has 11 heavy (non-hydrogen) atoms. The molecule has 0 radical (unpaired) electrons. The SMILES string of the molecule is CCC(C)NNCCN(C)C. The minimum Gasteiger partial charge on any atom is -0.308 e. The van der Waals surface area contributed by atoms with E-state index >= 15 is 0 Å². The maximum atomic E-state index is 3.21. The first-order valence-corrected chi connectivity index (χ1v) is 4.30. The zero-order valence-corrected chi connectivity index (χ0v) is 8.15. The van der Waals surface area contributed by atoms with Crippen LogP contribution in [-0.4, -0.2) is 38.1 Å². The van der Waals surface area contributed by atoms with Crippen molar-refractivity contribution in [2.75, 3.05) is 27.2 Å². The Labute approximate surface area is 70.1 Å². The van der Waals surface area contributed by atoms with Crippen LogP contribution in [0.1, 0.15) is 20.3 Å². The number of hydrogen-bond donors (Lipinski definition) is 2. The number of nitrogens with one attached hydrogen (secondary N) is 2. The Balaban J connectivity index is 3.01. The van der Waals surface area contributed by atoms with Gasteiger partial charge in [-0.15, -0.1) is 0 Å². The second-order valence-electron chi connectivity index (χ2n) is 3.18. The minimum absolute atomic E-state index is 0.567. The fourth-order valence-electron chi connectivity index (χ4n) is 0.628. The molecular formula is C8H21N3. The van der Waals surface area contributed by atoms with E-state index in [2.05, 4.69) is 43.7 Å². The summed E-state index contributed by atoms with van der Waals surface area (Å²) < 4.78 is 0. The fourth-order valence-corrected chi connectivity index (χ4v) is 0.628. The van der Waals surface area contributed by atoms with Crippen LogP contribution in [0.5, 0.6) is 0 Å². The average Bonchev–Trinajstić information content (AvgIpc) is 1.97. The van der Waals surface area contributed by atoms with Gasteiger partial charge in [0.05, 0.1) is 0 Å². The molecule has 0 fully saturated rings. The Morgan fingerprint density at radius 2 is 2.00 bits per heavy atom. The smallest absolute Gasteiger partial charge is 0.0228 e. The zero-order chi connectivity index (χ0) is 8.69. The van der Waals surface area contributed by atoms with Crippen LogP contribution in [0, 0.1) is 0 Å². The van der Waals surface area contributed by atoms with Crippen LogP contribution in [0.3, 0.4) is 0 Å². The molecular weight excluding hydrogens is 138 g/mol. The molecule has 1 atom stereocenters. The van der Waals surface area contributed by atoms with Gasteiger partial charge in [-0.3, -0.25) is 10.9 Å². The Hall–Kier alpha value is -0.120. The van der Waals surface area contributed by atoms with Gasteiger partial charge in [0.2, 0.25) is 0 Å².